The highest BCUT2D eigenvalue weighted by atomic mass is 16.6. The highest BCUT2D eigenvalue weighted by Gasteiger charge is 2.22. The quantitative estimate of drug-likeness (QED) is 0.464. The zero-order valence-electron chi connectivity index (χ0n) is 17.2. The summed E-state index contributed by atoms with van der Waals surface area (Å²) in [6, 6.07) is 14.0. The Morgan fingerprint density at radius 3 is 2.39 bits per heavy atom. The van der Waals surface area contributed by atoms with E-state index in [1.54, 1.807) is 30.1 Å². The predicted octanol–water partition coefficient (Wildman–Crippen LogP) is 3.14. The van der Waals surface area contributed by atoms with Crippen molar-refractivity contribution in [3.8, 4) is 11.4 Å². The third kappa shape index (κ3) is 4.50. The highest BCUT2D eigenvalue weighted by Crippen LogP contribution is 2.21. The van der Waals surface area contributed by atoms with E-state index in [1.807, 2.05) is 29.2 Å². The van der Waals surface area contributed by atoms with Crippen LogP contribution in [0.5, 0.6) is 5.75 Å². The summed E-state index contributed by atoms with van der Waals surface area (Å²) in [6.45, 7) is 2.91. The largest absolute Gasteiger partial charge is 0.497 e. The lowest BCUT2D eigenvalue weighted by atomic mass is 10.2. The second kappa shape index (κ2) is 8.86. The van der Waals surface area contributed by atoms with E-state index in [-0.39, 0.29) is 11.6 Å². The number of hydrogen-bond donors (Lipinski definition) is 0. The van der Waals surface area contributed by atoms with Gasteiger partial charge in [0.25, 0.3) is 11.6 Å². The molecule has 0 atom stereocenters. The third-order valence-corrected chi connectivity index (χ3v) is 5.38. The molecule has 0 spiro atoms. The summed E-state index contributed by atoms with van der Waals surface area (Å²) in [7, 11) is 1.65. The first-order chi connectivity index (χ1) is 15.0. The number of non-ortho nitro benzene ring substituents is 1. The van der Waals surface area contributed by atoms with E-state index in [2.05, 4.69) is 10.00 Å². The minimum absolute atomic E-state index is 0.0122. The van der Waals surface area contributed by atoms with Gasteiger partial charge in [0.2, 0.25) is 0 Å². The average molecular weight is 421 g/mol. The summed E-state index contributed by atoms with van der Waals surface area (Å²) in [5.41, 5.74) is 2.28. The number of nitro benzene ring substituents is 1. The molecule has 1 aromatic heterocycles. The number of carbonyl (C=O) groups is 1. The number of carbonyl (C=O) groups excluding carboxylic acids is 1. The van der Waals surface area contributed by atoms with Gasteiger partial charge in [0.15, 0.2) is 0 Å². The van der Waals surface area contributed by atoms with Gasteiger partial charge in [-0.05, 0) is 42.8 Å². The van der Waals surface area contributed by atoms with Crippen molar-refractivity contribution in [3.63, 3.8) is 0 Å². The number of anilines is 1. The minimum atomic E-state index is -0.448. The first kappa shape index (κ1) is 20.4. The molecule has 9 nitrogen and oxygen atoms in total. The van der Waals surface area contributed by atoms with Gasteiger partial charge in [-0.3, -0.25) is 14.9 Å². The normalized spacial score (nSPS) is 14.2. The van der Waals surface area contributed by atoms with Crippen LogP contribution in [0.2, 0.25) is 0 Å². The van der Waals surface area contributed by atoms with Crippen LogP contribution in [0.4, 0.5) is 11.4 Å². The molecule has 0 aliphatic carbocycles. The van der Waals surface area contributed by atoms with Crippen LogP contribution < -0.4 is 9.64 Å². The number of methoxy groups -OCH3 is 1. The number of hydrogen-bond acceptors (Lipinski definition) is 6. The Hall–Kier alpha value is -3.88. The maximum Gasteiger partial charge on any atom is 0.269 e. The lowest BCUT2D eigenvalue weighted by molar-refractivity contribution is -0.384. The molecule has 1 aliphatic heterocycles. The minimum Gasteiger partial charge on any atom is -0.497 e. The monoisotopic (exact) mass is 421 g/mol. The Kier molecular flexibility index (Phi) is 5.83. The molecule has 160 valence electrons. The number of rotatable bonds is 5. The maximum absolute atomic E-state index is 13.0. The van der Waals surface area contributed by atoms with Crippen molar-refractivity contribution in [2.24, 2.45) is 0 Å². The lowest BCUT2D eigenvalue weighted by Gasteiger charge is -2.23. The van der Waals surface area contributed by atoms with E-state index in [0.717, 1.165) is 30.9 Å². The molecule has 0 radical (unpaired) electrons. The van der Waals surface area contributed by atoms with E-state index in [9.17, 15) is 14.9 Å². The molecule has 4 rings (SSSR count). The van der Waals surface area contributed by atoms with Gasteiger partial charge in [0.1, 0.15) is 5.75 Å². The van der Waals surface area contributed by atoms with Crippen molar-refractivity contribution >= 4 is 17.3 Å². The molecule has 2 aromatic carbocycles. The van der Waals surface area contributed by atoms with E-state index in [0.29, 0.717) is 24.3 Å². The Balaban J connectivity index is 1.42. The first-order valence-electron chi connectivity index (χ1n) is 10.0. The summed E-state index contributed by atoms with van der Waals surface area (Å²) in [5.74, 6) is 0.755. The van der Waals surface area contributed by atoms with Crippen molar-refractivity contribution in [3.05, 3.63) is 76.6 Å². The predicted molar refractivity (Wildman–Crippen MR) is 116 cm³/mol. The van der Waals surface area contributed by atoms with Gasteiger partial charge in [-0.25, -0.2) is 4.68 Å². The molecule has 1 fully saturated rings. The summed E-state index contributed by atoms with van der Waals surface area (Å²) in [4.78, 5) is 27.5. The summed E-state index contributed by atoms with van der Waals surface area (Å²) >= 11 is 0. The van der Waals surface area contributed by atoms with Gasteiger partial charge in [0.05, 0.1) is 29.5 Å². The van der Waals surface area contributed by atoms with Crippen LogP contribution in [0.15, 0.2) is 60.9 Å². The summed E-state index contributed by atoms with van der Waals surface area (Å²) < 4.78 is 6.77. The van der Waals surface area contributed by atoms with E-state index in [4.69, 9.17) is 4.74 Å². The molecule has 9 heteroatoms. The molecule has 1 amide bonds. The molecule has 0 unspecified atom stereocenters. The van der Waals surface area contributed by atoms with Crippen molar-refractivity contribution < 1.29 is 14.5 Å². The number of nitrogens with zero attached hydrogens (tertiary/aromatic N) is 5. The van der Waals surface area contributed by atoms with Gasteiger partial charge >= 0.3 is 0 Å². The van der Waals surface area contributed by atoms with Crippen molar-refractivity contribution in [2.45, 2.75) is 6.42 Å². The molecular formula is C22H23N5O4. The topological polar surface area (TPSA) is 93.7 Å². The van der Waals surface area contributed by atoms with E-state index < -0.39 is 4.92 Å². The van der Waals surface area contributed by atoms with Crippen molar-refractivity contribution in [1.82, 2.24) is 14.7 Å². The number of ether oxygens (including phenoxy) is 1. The third-order valence-electron chi connectivity index (χ3n) is 5.38. The Bertz CT molecular complexity index is 1060. The number of amides is 1. The van der Waals surface area contributed by atoms with Crippen LogP contribution in [-0.2, 0) is 0 Å². The van der Waals surface area contributed by atoms with Crippen LogP contribution in [0.25, 0.3) is 5.69 Å². The van der Waals surface area contributed by atoms with Gasteiger partial charge in [-0.1, -0.05) is 0 Å². The molecule has 0 N–H and O–H groups in total. The van der Waals surface area contributed by atoms with E-state index in [1.165, 1.54) is 18.3 Å². The molecular weight excluding hydrogens is 398 g/mol. The molecule has 2 heterocycles. The summed E-state index contributed by atoms with van der Waals surface area (Å²) in [6.07, 6.45) is 4.07. The zero-order valence-corrected chi connectivity index (χ0v) is 17.2. The van der Waals surface area contributed by atoms with E-state index >= 15 is 0 Å². The van der Waals surface area contributed by atoms with Crippen molar-refractivity contribution in [2.75, 3.05) is 38.2 Å². The van der Waals surface area contributed by atoms with Crippen molar-refractivity contribution in [1.29, 1.82) is 0 Å². The molecule has 0 bridgehead atoms. The van der Waals surface area contributed by atoms with Gasteiger partial charge in [0, 0.05) is 50.2 Å². The lowest BCUT2D eigenvalue weighted by Crippen LogP contribution is -2.35. The second-order valence-corrected chi connectivity index (χ2v) is 7.28. The van der Waals surface area contributed by atoms with Gasteiger partial charge in [-0.2, -0.15) is 5.10 Å². The number of benzene rings is 2. The zero-order chi connectivity index (χ0) is 21.8. The maximum atomic E-state index is 13.0. The Labute approximate surface area is 179 Å². The SMILES string of the molecule is COc1ccc(N2CCCN(C(=O)c3cnn(-c4ccc([N+](=O)[O-])cc4)c3)CC2)cc1. The molecule has 3 aromatic rings. The number of nitro groups is 1. The highest BCUT2D eigenvalue weighted by molar-refractivity contribution is 5.93. The van der Waals surface area contributed by atoms with Crippen LogP contribution in [0, 0.1) is 10.1 Å². The Morgan fingerprint density at radius 1 is 1.00 bits per heavy atom. The standard InChI is InChI=1S/C22H23N5O4/c1-31-21-9-7-18(8-10-21)24-11-2-12-25(14-13-24)22(28)17-15-23-26(16-17)19-3-5-20(6-4-19)27(29)30/h3-10,15-16H,2,11-14H2,1H3. The van der Waals surface area contributed by atoms with Crippen LogP contribution in [0.3, 0.4) is 0 Å². The van der Waals surface area contributed by atoms with Crippen LogP contribution >= 0.6 is 0 Å². The van der Waals surface area contributed by atoms with Crippen LogP contribution in [-0.4, -0.2) is 58.8 Å². The fourth-order valence-corrected chi connectivity index (χ4v) is 3.66. The molecule has 1 saturated heterocycles. The smallest absolute Gasteiger partial charge is 0.269 e. The van der Waals surface area contributed by atoms with Gasteiger partial charge < -0.3 is 14.5 Å². The molecule has 31 heavy (non-hydrogen) atoms. The van der Waals surface area contributed by atoms with Crippen LogP contribution in [0.1, 0.15) is 16.8 Å². The Morgan fingerprint density at radius 2 is 1.71 bits per heavy atom. The summed E-state index contributed by atoms with van der Waals surface area (Å²) in [5, 5.41) is 15.1. The fraction of sp³-hybridized carbons (Fsp3) is 0.273. The first-order valence-corrected chi connectivity index (χ1v) is 10.0. The number of aromatic nitrogens is 2. The average Bonchev–Trinajstić information content (AvgIpc) is 3.17. The molecule has 1 aliphatic rings. The molecule has 0 saturated carbocycles. The fourth-order valence-electron chi connectivity index (χ4n) is 3.66. The van der Waals surface area contributed by atoms with Gasteiger partial charge in [-0.15, -0.1) is 0 Å². The second-order valence-electron chi connectivity index (χ2n) is 7.28.